The first-order valence-corrected chi connectivity index (χ1v) is 11.8. The molecule has 35 heavy (non-hydrogen) atoms. The third-order valence-corrected chi connectivity index (χ3v) is 6.79. The lowest BCUT2D eigenvalue weighted by Gasteiger charge is -2.43. The average molecular weight is 494 g/mol. The SMILES string of the molecule is COc1ccc(Cc2nc(C(=O)N3CCC4(CC3)CC(=O)c3cc(Cl)ccc3O4)cc(=O)[nH]2)cc1. The predicted octanol–water partition coefficient (Wildman–Crippen LogP) is 3.66. The Morgan fingerprint density at radius 2 is 1.89 bits per heavy atom. The molecule has 2 aliphatic rings. The molecular formula is C26H24ClN3O5. The third kappa shape index (κ3) is 4.79. The largest absolute Gasteiger partial charge is 0.497 e. The highest BCUT2D eigenvalue weighted by molar-refractivity contribution is 6.31. The van der Waals surface area contributed by atoms with Crippen LogP contribution in [0.3, 0.4) is 0 Å². The number of carbonyl (C=O) groups is 2. The summed E-state index contributed by atoms with van der Waals surface area (Å²) in [6, 6.07) is 13.7. The van der Waals surface area contributed by atoms with Gasteiger partial charge in [0.15, 0.2) is 5.78 Å². The van der Waals surface area contributed by atoms with Gasteiger partial charge < -0.3 is 19.4 Å². The number of amides is 1. The van der Waals surface area contributed by atoms with Crippen LogP contribution in [0.5, 0.6) is 11.5 Å². The molecule has 1 aromatic heterocycles. The minimum atomic E-state index is -0.643. The Morgan fingerprint density at radius 1 is 1.14 bits per heavy atom. The van der Waals surface area contributed by atoms with Crippen molar-refractivity contribution in [2.45, 2.75) is 31.3 Å². The number of aromatic amines is 1. The van der Waals surface area contributed by atoms with E-state index in [1.807, 2.05) is 24.3 Å². The number of ketones is 1. The molecule has 8 nitrogen and oxygen atoms in total. The quantitative estimate of drug-likeness (QED) is 0.595. The zero-order valence-electron chi connectivity index (χ0n) is 19.2. The number of fused-ring (bicyclic) bond motifs is 1. The molecule has 180 valence electrons. The third-order valence-electron chi connectivity index (χ3n) is 6.55. The summed E-state index contributed by atoms with van der Waals surface area (Å²) >= 11 is 6.02. The molecule has 1 amide bonds. The summed E-state index contributed by atoms with van der Waals surface area (Å²) in [7, 11) is 1.60. The Bertz CT molecular complexity index is 1340. The Hall–Kier alpha value is -3.65. The molecule has 0 saturated carbocycles. The van der Waals surface area contributed by atoms with Crippen LogP contribution < -0.4 is 15.0 Å². The molecule has 0 bridgehead atoms. The maximum absolute atomic E-state index is 13.2. The molecule has 5 rings (SSSR count). The first kappa shape index (κ1) is 23.1. The van der Waals surface area contributed by atoms with Crippen molar-refractivity contribution in [3.8, 4) is 11.5 Å². The summed E-state index contributed by atoms with van der Waals surface area (Å²) in [6.07, 6.45) is 1.64. The van der Waals surface area contributed by atoms with Crippen molar-refractivity contribution in [2.75, 3.05) is 20.2 Å². The van der Waals surface area contributed by atoms with E-state index in [0.717, 1.165) is 11.3 Å². The highest BCUT2D eigenvalue weighted by Crippen LogP contribution is 2.40. The van der Waals surface area contributed by atoms with Crippen LogP contribution in [0.15, 0.2) is 53.3 Å². The minimum absolute atomic E-state index is 0.00652. The van der Waals surface area contributed by atoms with Crippen LogP contribution in [0.1, 0.15) is 51.5 Å². The van der Waals surface area contributed by atoms with E-state index < -0.39 is 5.60 Å². The molecule has 0 atom stereocenters. The number of aromatic nitrogens is 2. The Kier molecular flexibility index (Phi) is 6.06. The lowest BCUT2D eigenvalue weighted by atomic mass is 9.82. The highest BCUT2D eigenvalue weighted by atomic mass is 35.5. The van der Waals surface area contributed by atoms with Gasteiger partial charge in [-0.15, -0.1) is 0 Å². The topological polar surface area (TPSA) is 102 Å². The van der Waals surface area contributed by atoms with Gasteiger partial charge in [-0.2, -0.15) is 0 Å². The number of hydrogen-bond donors (Lipinski definition) is 1. The first-order valence-electron chi connectivity index (χ1n) is 11.4. The molecule has 0 aliphatic carbocycles. The maximum atomic E-state index is 13.2. The molecule has 2 aliphatic heterocycles. The number of nitrogens with zero attached hydrogens (tertiary/aromatic N) is 2. The van der Waals surface area contributed by atoms with Crippen molar-refractivity contribution in [2.24, 2.45) is 0 Å². The number of benzene rings is 2. The van der Waals surface area contributed by atoms with Crippen LogP contribution in [-0.2, 0) is 6.42 Å². The molecule has 1 fully saturated rings. The zero-order valence-corrected chi connectivity index (χ0v) is 19.9. The van der Waals surface area contributed by atoms with E-state index in [4.69, 9.17) is 21.1 Å². The number of halogens is 1. The Labute approximate surface area is 206 Å². The van der Waals surface area contributed by atoms with E-state index in [-0.39, 0.29) is 29.4 Å². The number of hydrogen-bond acceptors (Lipinski definition) is 6. The zero-order chi connectivity index (χ0) is 24.6. The molecule has 0 unspecified atom stereocenters. The molecule has 9 heteroatoms. The van der Waals surface area contributed by atoms with Crippen LogP contribution in [0, 0.1) is 0 Å². The minimum Gasteiger partial charge on any atom is -0.497 e. The number of likely N-dealkylation sites (tertiary alicyclic amines) is 1. The van der Waals surface area contributed by atoms with Crippen molar-refractivity contribution >= 4 is 23.3 Å². The maximum Gasteiger partial charge on any atom is 0.272 e. The summed E-state index contributed by atoms with van der Waals surface area (Å²) < 4.78 is 11.4. The average Bonchev–Trinajstić information content (AvgIpc) is 2.85. The van der Waals surface area contributed by atoms with Crippen molar-refractivity contribution in [1.29, 1.82) is 0 Å². The van der Waals surface area contributed by atoms with Gasteiger partial charge in [-0.25, -0.2) is 4.98 Å². The number of H-pyrrole nitrogens is 1. The fourth-order valence-corrected chi connectivity index (χ4v) is 4.83. The van der Waals surface area contributed by atoms with Gasteiger partial charge in [0.05, 0.1) is 19.1 Å². The van der Waals surface area contributed by atoms with Gasteiger partial charge in [0, 0.05) is 43.4 Å². The molecule has 1 spiro atoms. The highest BCUT2D eigenvalue weighted by Gasteiger charge is 2.44. The van der Waals surface area contributed by atoms with Crippen LogP contribution in [0.25, 0.3) is 0 Å². The number of Topliss-reactive ketones (excluding diaryl/α,β-unsaturated/α-hetero) is 1. The normalized spacial score (nSPS) is 16.5. The van der Waals surface area contributed by atoms with Gasteiger partial charge in [-0.3, -0.25) is 14.4 Å². The summed E-state index contributed by atoms with van der Waals surface area (Å²) in [6.45, 7) is 0.800. The monoisotopic (exact) mass is 493 g/mol. The summed E-state index contributed by atoms with van der Waals surface area (Å²) in [5, 5.41) is 0.494. The van der Waals surface area contributed by atoms with Gasteiger partial charge in [0.1, 0.15) is 28.6 Å². The summed E-state index contributed by atoms with van der Waals surface area (Å²) in [5.74, 6) is 1.36. The fourth-order valence-electron chi connectivity index (χ4n) is 4.66. The lowest BCUT2D eigenvalue weighted by molar-refractivity contribution is -0.00586. The Morgan fingerprint density at radius 3 is 2.60 bits per heavy atom. The number of piperidine rings is 1. The number of carbonyl (C=O) groups excluding carboxylic acids is 2. The van der Waals surface area contributed by atoms with E-state index in [1.54, 1.807) is 30.2 Å². The molecule has 0 radical (unpaired) electrons. The van der Waals surface area contributed by atoms with Crippen LogP contribution >= 0.6 is 11.6 Å². The van der Waals surface area contributed by atoms with Gasteiger partial charge in [-0.1, -0.05) is 23.7 Å². The predicted molar refractivity (Wildman–Crippen MR) is 130 cm³/mol. The summed E-state index contributed by atoms with van der Waals surface area (Å²) in [5.41, 5.74) is 0.513. The molecule has 3 heterocycles. The Balaban J connectivity index is 1.28. The number of nitrogens with one attached hydrogen (secondary N) is 1. The van der Waals surface area contributed by atoms with E-state index in [0.29, 0.717) is 54.5 Å². The van der Waals surface area contributed by atoms with Gasteiger partial charge in [-0.05, 0) is 35.9 Å². The number of methoxy groups -OCH3 is 1. The number of ether oxygens (including phenoxy) is 2. The van der Waals surface area contributed by atoms with E-state index in [9.17, 15) is 14.4 Å². The van der Waals surface area contributed by atoms with Crippen LogP contribution in [-0.4, -0.2) is 52.4 Å². The van der Waals surface area contributed by atoms with Crippen LogP contribution in [0.2, 0.25) is 5.02 Å². The molecular weight excluding hydrogens is 470 g/mol. The first-order chi connectivity index (χ1) is 16.8. The second-order valence-corrected chi connectivity index (χ2v) is 9.36. The molecule has 2 aromatic carbocycles. The van der Waals surface area contributed by atoms with Gasteiger partial charge in [0.25, 0.3) is 11.5 Å². The number of rotatable bonds is 4. The summed E-state index contributed by atoms with van der Waals surface area (Å²) in [4.78, 5) is 47.0. The smallest absolute Gasteiger partial charge is 0.272 e. The van der Waals surface area contributed by atoms with E-state index >= 15 is 0 Å². The molecule has 3 aromatic rings. The van der Waals surface area contributed by atoms with Crippen molar-refractivity contribution in [1.82, 2.24) is 14.9 Å². The second-order valence-electron chi connectivity index (χ2n) is 8.92. The van der Waals surface area contributed by atoms with Gasteiger partial charge in [0.2, 0.25) is 0 Å². The molecule has 1 saturated heterocycles. The van der Waals surface area contributed by atoms with Crippen molar-refractivity contribution in [3.05, 3.63) is 86.6 Å². The van der Waals surface area contributed by atoms with Crippen molar-refractivity contribution < 1.29 is 19.1 Å². The van der Waals surface area contributed by atoms with E-state index in [2.05, 4.69) is 9.97 Å². The second kappa shape index (κ2) is 9.19. The van der Waals surface area contributed by atoms with Gasteiger partial charge >= 0.3 is 0 Å². The lowest BCUT2D eigenvalue weighted by Crippen LogP contribution is -2.52. The van der Waals surface area contributed by atoms with Crippen molar-refractivity contribution in [3.63, 3.8) is 0 Å². The van der Waals surface area contributed by atoms with E-state index in [1.165, 1.54) is 6.07 Å². The molecule has 1 N–H and O–H groups in total. The fraction of sp³-hybridized carbons (Fsp3) is 0.308. The van der Waals surface area contributed by atoms with Crippen LogP contribution in [0.4, 0.5) is 0 Å². The standard InChI is InChI=1S/C26H24ClN3O5/c1-34-18-5-2-16(3-6-18)12-23-28-20(14-24(32)29-23)25(33)30-10-8-26(9-11-30)15-21(31)19-13-17(27)4-7-22(19)35-26/h2-7,13-14H,8-12,15H2,1H3,(H,28,29,32).